The van der Waals surface area contributed by atoms with E-state index in [-0.39, 0.29) is 18.7 Å². The maximum atomic E-state index is 13.7. The van der Waals surface area contributed by atoms with Crippen molar-refractivity contribution in [3.05, 3.63) is 75.9 Å². The third kappa shape index (κ3) is 4.43. The van der Waals surface area contributed by atoms with E-state index in [0.717, 1.165) is 27.8 Å². The summed E-state index contributed by atoms with van der Waals surface area (Å²) in [6.07, 6.45) is 1.66. The lowest BCUT2D eigenvalue weighted by atomic mass is 10.1. The molecule has 1 heterocycles. The lowest BCUT2D eigenvalue weighted by molar-refractivity contribution is -0.122. The number of carbonyl (C=O) groups excluding carboxylic acids is 3. The molecule has 2 aromatic carbocycles. The summed E-state index contributed by atoms with van der Waals surface area (Å²) in [5.74, 6) is -1.59. The number of aryl methyl sites for hydroxylation is 1. The predicted octanol–water partition coefficient (Wildman–Crippen LogP) is 3.60. The number of nitrogens with one attached hydrogen (secondary N) is 1. The standard InChI is InChI=1S/C20H17FN2O3S/c1-13-7-8-16(21)15(11-13)18(24)22-9-10-23-19(25)17(27-20(23)26)12-14-5-3-2-4-6-14/h2-8,11-12H,9-10H2,1H3,(H,22,24). The van der Waals surface area contributed by atoms with Crippen LogP contribution in [-0.4, -0.2) is 35.0 Å². The number of hydrogen-bond donors (Lipinski definition) is 1. The Balaban J connectivity index is 1.60. The van der Waals surface area contributed by atoms with Crippen LogP contribution < -0.4 is 5.32 Å². The number of benzene rings is 2. The van der Waals surface area contributed by atoms with Gasteiger partial charge in [-0.15, -0.1) is 0 Å². The van der Waals surface area contributed by atoms with Crippen molar-refractivity contribution in [3.8, 4) is 0 Å². The Bertz CT molecular complexity index is 928. The number of halogens is 1. The Morgan fingerprint density at radius 3 is 2.67 bits per heavy atom. The molecule has 0 aromatic heterocycles. The molecular formula is C20H17FN2O3S. The molecule has 7 heteroatoms. The highest BCUT2D eigenvalue weighted by Crippen LogP contribution is 2.31. The molecule has 138 valence electrons. The molecule has 5 nitrogen and oxygen atoms in total. The van der Waals surface area contributed by atoms with Gasteiger partial charge in [-0.25, -0.2) is 4.39 Å². The first-order valence-electron chi connectivity index (χ1n) is 8.30. The smallest absolute Gasteiger partial charge is 0.293 e. The van der Waals surface area contributed by atoms with Crippen molar-refractivity contribution < 1.29 is 18.8 Å². The second-order valence-corrected chi connectivity index (χ2v) is 6.98. The second-order valence-electron chi connectivity index (χ2n) is 5.98. The summed E-state index contributed by atoms with van der Waals surface area (Å²) in [4.78, 5) is 38.0. The van der Waals surface area contributed by atoms with Gasteiger partial charge in [0.15, 0.2) is 0 Å². The monoisotopic (exact) mass is 384 g/mol. The fourth-order valence-electron chi connectivity index (χ4n) is 2.58. The Morgan fingerprint density at radius 1 is 1.19 bits per heavy atom. The van der Waals surface area contributed by atoms with Crippen molar-refractivity contribution >= 4 is 34.9 Å². The van der Waals surface area contributed by atoms with Crippen molar-refractivity contribution in [1.29, 1.82) is 0 Å². The average Bonchev–Trinajstić information content (AvgIpc) is 2.91. The summed E-state index contributed by atoms with van der Waals surface area (Å²) >= 11 is 0.862. The van der Waals surface area contributed by atoms with Gasteiger partial charge in [0.05, 0.1) is 10.5 Å². The van der Waals surface area contributed by atoms with Crippen LogP contribution in [0.3, 0.4) is 0 Å². The van der Waals surface area contributed by atoms with Gasteiger partial charge in [0.2, 0.25) is 0 Å². The highest BCUT2D eigenvalue weighted by Gasteiger charge is 2.34. The molecular weight excluding hydrogens is 367 g/mol. The summed E-state index contributed by atoms with van der Waals surface area (Å²) in [6, 6.07) is 13.5. The van der Waals surface area contributed by atoms with Gasteiger partial charge < -0.3 is 5.32 Å². The molecule has 0 radical (unpaired) electrons. The number of imide groups is 1. The molecule has 3 amide bonds. The van der Waals surface area contributed by atoms with Crippen LogP contribution in [0.1, 0.15) is 21.5 Å². The van der Waals surface area contributed by atoms with Gasteiger partial charge in [0.1, 0.15) is 5.82 Å². The molecule has 27 heavy (non-hydrogen) atoms. The Hall–Kier alpha value is -2.93. The minimum atomic E-state index is -0.616. The minimum Gasteiger partial charge on any atom is -0.350 e. The summed E-state index contributed by atoms with van der Waals surface area (Å²) in [7, 11) is 0. The second kappa shape index (κ2) is 8.18. The number of hydrogen-bond acceptors (Lipinski definition) is 4. The van der Waals surface area contributed by atoms with Crippen molar-refractivity contribution in [2.24, 2.45) is 0 Å². The highest BCUT2D eigenvalue weighted by atomic mass is 32.2. The van der Waals surface area contributed by atoms with E-state index in [1.54, 1.807) is 19.1 Å². The van der Waals surface area contributed by atoms with Gasteiger partial charge in [-0.3, -0.25) is 19.3 Å². The highest BCUT2D eigenvalue weighted by molar-refractivity contribution is 8.18. The topological polar surface area (TPSA) is 66.5 Å². The Kier molecular flexibility index (Phi) is 5.71. The normalized spacial score (nSPS) is 15.5. The van der Waals surface area contributed by atoms with Gasteiger partial charge in [0.25, 0.3) is 17.1 Å². The number of carbonyl (C=O) groups is 3. The summed E-state index contributed by atoms with van der Waals surface area (Å²) < 4.78 is 13.7. The fraction of sp³-hybridized carbons (Fsp3) is 0.150. The number of amides is 3. The van der Waals surface area contributed by atoms with Crippen LogP contribution in [0.4, 0.5) is 9.18 Å². The van der Waals surface area contributed by atoms with Crippen molar-refractivity contribution in [2.75, 3.05) is 13.1 Å². The lowest BCUT2D eigenvalue weighted by Gasteiger charge is -2.13. The van der Waals surface area contributed by atoms with Crippen molar-refractivity contribution in [1.82, 2.24) is 10.2 Å². The Labute approximate surface area is 160 Å². The van der Waals surface area contributed by atoms with Gasteiger partial charge in [-0.05, 0) is 42.5 Å². The number of rotatable bonds is 5. The summed E-state index contributed by atoms with van der Waals surface area (Å²) in [5.41, 5.74) is 1.53. The van der Waals surface area contributed by atoms with Crippen LogP contribution in [0.5, 0.6) is 0 Å². The molecule has 1 saturated heterocycles. The van der Waals surface area contributed by atoms with E-state index in [1.165, 1.54) is 12.1 Å². The Morgan fingerprint density at radius 2 is 1.93 bits per heavy atom. The predicted molar refractivity (Wildman–Crippen MR) is 103 cm³/mol. The van der Waals surface area contributed by atoms with Gasteiger partial charge in [-0.2, -0.15) is 0 Å². The molecule has 0 atom stereocenters. The lowest BCUT2D eigenvalue weighted by Crippen LogP contribution is -2.37. The first kappa shape index (κ1) is 18.8. The third-order valence-corrected chi connectivity index (χ3v) is 4.87. The zero-order valence-electron chi connectivity index (χ0n) is 14.6. The van der Waals surface area contributed by atoms with E-state index in [2.05, 4.69) is 5.32 Å². The number of nitrogens with zero attached hydrogens (tertiary/aromatic N) is 1. The SMILES string of the molecule is Cc1ccc(F)c(C(=O)NCCN2C(=O)SC(=Cc3ccccc3)C2=O)c1. The van der Waals surface area contributed by atoms with E-state index in [1.807, 2.05) is 30.3 Å². The minimum absolute atomic E-state index is 0.0238. The first-order valence-corrected chi connectivity index (χ1v) is 9.12. The molecule has 0 saturated carbocycles. The molecule has 0 bridgehead atoms. The van der Waals surface area contributed by atoms with E-state index >= 15 is 0 Å². The number of thioether (sulfide) groups is 1. The van der Waals surface area contributed by atoms with Gasteiger partial charge >= 0.3 is 0 Å². The molecule has 3 rings (SSSR count). The molecule has 0 spiro atoms. The molecule has 1 aliphatic rings. The van der Waals surface area contributed by atoms with Gasteiger partial charge in [-0.1, -0.05) is 42.0 Å². The first-order chi connectivity index (χ1) is 13.0. The van der Waals surface area contributed by atoms with Crippen molar-refractivity contribution in [3.63, 3.8) is 0 Å². The van der Waals surface area contributed by atoms with E-state index < -0.39 is 22.9 Å². The zero-order chi connectivity index (χ0) is 19.4. The quantitative estimate of drug-likeness (QED) is 0.800. The zero-order valence-corrected chi connectivity index (χ0v) is 15.4. The van der Waals surface area contributed by atoms with Crippen molar-refractivity contribution in [2.45, 2.75) is 6.92 Å². The van der Waals surface area contributed by atoms with E-state index in [9.17, 15) is 18.8 Å². The molecule has 1 N–H and O–H groups in total. The largest absolute Gasteiger partial charge is 0.350 e. The van der Waals surface area contributed by atoms with E-state index in [0.29, 0.717) is 4.91 Å². The maximum absolute atomic E-state index is 13.7. The van der Waals surface area contributed by atoms with Crippen LogP contribution in [0.25, 0.3) is 6.08 Å². The van der Waals surface area contributed by atoms with Crippen LogP contribution in [0.2, 0.25) is 0 Å². The molecule has 2 aromatic rings. The summed E-state index contributed by atoms with van der Waals surface area (Å²) in [5, 5.41) is 2.16. The van der Waals surface area contributed by atoms with Crippen LogP contribution >= 0.6 is 11.8 Å². The maximum Gasteiger partial charge on any atom is 0.293 e. The molecule has 0 unspecified atom stereocenters. The molecule has 1 aliphatic heterocycles. The molecule has 1 fully saturated rings. The fourth-order valence-corrected chi connectivity index (χ4v) is 3.45. The third-order valence-electron chi connectivity index (χ3n) is 3.96. The van der Waals surface area contributed by atoms with E-state index in [4.69, 9.17) is 0 Å². The van der Waals surface area contributed by atoms with Crippen LogP contribution in [-0.2, 0) is 4.79 Å². The van der Waals surface area contributed by atoms with Crippen LogP contribution in [0, 0.1) is 12.7 Å². The van der Waals surface area contributed by atoms with Crippen LogP contribution in [0.15, 0.2) is 53.4 Å². The molecule has 0 aliphatic carbocycles. The summed E-state index contributed by atoms with van der Waals surface area (Å²) in [6.45, 7) is 1.83. The average molecular weight is 384 g/mol. The van der Waals surface area contributed by atoms with Gasteiger partial charge in [0, 0.05) is 13.1 Å².